The summed E-state index contributed by atoms with van der Waals surface area (Å²) in [6.45, 7) is 8.39. The number of nitrogens with one attached hydrogen (secondary N) is 2. The van der Waals surface area contributed by atoms with Gasteiger partial charge in [0.15, 0.2) is 11.5 Å². The molecule has 2 heterocycles. The number of halogens is 1. The molecule has 3 rings (SSSR count). The second kappa shape index (κ2) is 11.8. The van der Waals surface area contributed by atoms with Gasteiger partial charge in [-0.3, -0.25) is 4.90 Å². The van der Waals surface area contributed by atoms with E-state index in [2.05, 4.69) is 30.5 Å². The lowest BCUT2D eigenvalue weighted by molar-refractivity contribution is 0.209. The third-order valence-corrected chi connectivity index (χ3v) is 5.13. The third kappa shape index (κ3) is 7.03. The third-order valence-electron chi connectivity index (χ3n) is 5.13. The molecule has 0 radical (unpaired) electrons. The summed E-state index contributed by atoms with van der Waals surface area (Å²) in [5.41, 5.74) is 0.950. The zero-order chi connectivity index (χ0) is 23.8. The van der Waals surface area contributed by atoms with Gasteiger partial charge in [-0.2, -0.15) is 19.3 Å². The fourth-order valence-electron chi connectivity index (χ4n) is 3.68. The standard InChI is InChI=1S/C22H33FN6O4/c1-5-32-17-11-15(12-18(19(17)23)33-6-2)13-29-9-7-16(8-10-29)25-21-26-20(24-14(3)30)27-22(28-21)31-4/h11-12,14,16,30H,5-10,13H2,1-4H3,(H2,24,25,26,27,28). The van der Waals surface area contributed by atoms with Crippen molar-refractivity contribution >= 4 is 11.9 Å². The Morgan fingerprint density at radius 1 is 1.09 bits per heavy atom. The van der Waals surface area contributed by atoms with Crippen LogP contribution in [-0.4, -0.2) is 70.6 Å². The highest BCUT2D eigenvalue weighted by molar-refractivity contribution is 5.41. The van der Waals surface area contributed by atoms with Crippen LogP contribution in [0.1, 0.15) is 39.2 Å². The van der Waals surface area contributed by atoms with E-state index < -0.39 is 12.0 Å². The van der Waals surface area contributed by atoms with Gasteiger partial charge < -0.3 is 30.0 Å². The lowest BCUT2D eigenvalue weighted by Crippen LogP contribution is -2.39. The van der Waals surface area contributed by atoms with Crippen LogP contribution in [0, 0.1) is 5.82 Å². The fourth-order valence-corrected chi connectivity index (χ4v) is 3.68. The number of rotatable bonds is 11. The molecule has 2 aromatic rings. The lowest BCUT2D eigenvalue weighted by atomic mass is 10.0. The molecule has 11 heteroatoms. The maximum Gasteiger partial charge on any atom is 0.322 e. The maximum atomic E-state index is 14.5. The highest BCUT2D eigenvalue weighted by Crippen LogP contribution is 2.30. The normalized spacial score (nSPS) is 15.7. The van der Waals surface area contributed by atoms with Crippen molar-refractivity contribution in [1.29, 1.82) is 0 Å². The molecule has 33 heavy (non-hydrogen) atoms. The fraction of sp³-hybridized carbons (Fsp3) is 0.591. The maximum absolute atomic E-state index is 14.5. The van der Waals surface area contributed by atoms with Crippen LogP contribution in [0.25, 0.3) is 0 Å². The monoisotopic (exact) mass is 464 g/mol. The van der Waals surface area contributed by atoms with Gasteiger partial charge in [-0.25, -0.2) is 0 Å². The molecule has 0 amide bonds. The van der Waals surface area contributed by atoms with Crippen LogP contribution in [0.4, 0.5) is 16.3 Å². The van der Waals surface area contributed by atoms with E-state index in [1.54, 1.807) is 19.1 Å². The number of piperidine rings is 1. The lowest BCUT2D eigenvalue weighted by Gasteiger charge is -2.32. The summed E-state index contributed by atoms with van der Waals surface area (Å²) in [6, 6.07) is 3.84. The van der Waals surface area contributed by atoms with Gasteiger partial charge in [-0.15, -0.1) is 0 Å². The smallest absolute Gasteiger partial charge is 0.322 e. The number of anilines is 2. The number of nitrogens with zero attached hydrogens (tertiary/aromatic N) is 4. The zero-order valence-electron chi connectivity index (χ0n) is 19.6. The van der Waals surface area contributed by atoms with Crippen LogP contribution >= 0.6 is 0 Å². The van der Waals surface area contributed by atoms with E-state index in [1.165, 1.54) is 7.11 Å². The molecule has 0 saturated carbocycles. The second-order valence-corrected chi connectivity index (χ2v) is 7.76. The van der Waals surface area contributed by atoms with E-state index in [9.17, 15) is 9.50 Å². The van der Waals surface area contributed by atoms with Gasteiger partial charge in [0.25, 0.3) is 0 Å². The predicted molar refractivity (Wildman–Crippen MR) is 122 cm³/mol. The summed E-state index contributed by atoms with van der Waals surface area (Å²) in [5, 5.41) is 15.6. The summed E-state index contributed by atoms with van der Waals surface area (Å²) in [6.07, 6.45) is 0.960. The Labute approximate surface area is 193 Å². The first-order chi connectivity index (χ1) is 15.9. The summed E-state index contributed by atoms with van der Waals surface area (Å²) >= 11 is 0. The van der Waals surface area contributed by atoms with Crippen LogP contribution in [-0.2, 0) is 6.54 Å². The Bertz CT molecular complexity index is 881. The first-order valence-electron chi connectivity index (χ1n) is 11.2. The van der Waals surface area contributed by atoms with Crippen molar-refractivity contribution in [2.75, 3.05) is 44.0 Å². The van der Waals surface area contributed by atoms with E-state index in [4.69, 9.17) is 14.2 Å². The van der Waals surface area contributed by atoms with Gasteiger partial charge in [0.05, 0.1) is 20.3 Å². The average molecular weight is 465 g/mol. The number of aliphatic hydroxyl groups excluding tert-OH is 1. The molecular weight excluding hydrogens is 431 g/mol. The highest BCUT2D eigenvalue weighted by Gasteiger charge is 2.22. The average Bonchev–Trinajstić information content (AvgIpc) is 2.78. The predicted octanol–water partition coefficient (Wildman–Crippen LogP) is 2.64. The Balaban J connectivity index is 1.60. The first kappa shape index (κ1) is 24.7. The zero-order valence-corrected chi connectivity index (χ0v) is 19.6. The van der Waals surface area contributed by atoms with Gasteiger partial charge in [-0.05, 0) is 51.3 Å². The molecule has 0 aliphatic carbocycles. The number of hydrogen-bond acceptors (Lipinski definition) is 10. The van der Waals surface area contributed by atoms with Gasteiger partial charge in [0, 0.05) is 25.7 Å². The molecular formula is C22H33FN6O4. The van der Waals surface area contributed by atoms with Crippen LogP contribution < -0.4 is 24.8 Å². The number of methoxy groups -OCH3 is 1. The van der Waals surface area contributed by atoms with Crippen LogP contribution in [0.3, 0.4) is 0 Å². The number of likely N-dealkylation sites (tertiary alicyclic amines) is 1. The topological polar surface area (TPSA) is 114 Å². The SMILES string of the molecule is CCOc1cc(CN2CCC(Nc3nc(NC(C)O)nc(OC)n3)CC2)cc(OCC)c1F. The van der Waals surface area contributed by atoms with Crippen LogP contribution in [0.2, 0.25) is 0 Å². The summed E-state index contributed by atoms with van der Waals surface area (Å²) in [4.78, 5) is 14.9. The van der Waals surface area contributed by atoms with Gasteiger partial charge in [0.2, 0.25) is 17.7 Å². The Hall–Kier alpha value is -2.92. The van der Waals surface area contributed by atoms with Gasteiger partial charge >= 0.3 is 6.01 Å². The van der Waals surface area contributed by atoms with E-state index in [1.807, 2.05) is 13.8 Å². The van der Waals surface area contributed by atoms with Crippen molar-refractivity contribution in [2.45, 2.75) is 52.4 Å². The summed E-state index contributed by atoms with van der Waals surface area (Å²) in [5.74, 6) is 0.622. The molecule has 1 saturated heterocycles. The van der Waals surface area contributed by atoms with Crippen molar-refractivity contribution in [1.82, 2.24) is 19.9 Å². The Kier molecular flexibility index (Phi) is 8.84. The molecule has 3 N–H and O–H groups in total. The highest BCUT2D eigenvalue weighted by atomic mass is 19.1. The van der Waals surface area contributed by atoms with Crippen molar-refractivity contribution in [2.24, 2.45) is 0 Å². The minimum Gasteiger partial charge on any atom is -0.491 e. The van der Waals surface area contributed by atoms with E-state index in [0.29, 0.717) is 25.7 Å². The number of aliphatic hydroxyl groups is 1. The van der Waals surface area contributed by atoms with E-state index in [-0.39, 0.29) is 29.5 Å². The number of aromatic nitrogens is 3. The molecule has 1 fully saturated rings. The molecule has 1 aromatic heterocycles. The van der Waals surface area contributed by atoms with Crippen LogP contribution in [0.15, 0.2) is 12.1 Å². The number of benzene rings is 1. The van der Waals surface area contributed by atoms with Crippen molar-refractivity contribution in [3.63, 3.8) is 0 Å². The molecule has 182 valence electrons. The molecule has 1 aromatic carbocycles. The molecule has 0 bridgehead atoms. The second-order valence-electron chi connectivity index (χ2n) is 7.76. The Morgan fingerprint density at radius 2 is 1.70 bits per heavy atom. The van der Waals surface area contributed by atoms with Crippen molar-refractivity contribution in [3.05, 3.63) is 23.5 Å². The van der Waals surface area contributed by atoms with Gasteiger partial charge in [0.1, 0.15) is 6.23 Å². The minimum absolute atomic E-state index is 0.166. The van der Waals surface area contributed by atoms with Crippen LogP contribution in [0.5, 0.6) is 17.5 Å². The van der Waals surface area contributed by atoms with Crippen molar-refractivity contribution in [3.8, 4) is 17.5 Å². The number of hydrogen-bond donors (Lipinski definition) is 3. The largest absolute Gasteiger partial charge is 0.491 e. The van der Waals surface area contributed by atoms with Crippen molar-refractivity contribution < 1.29 is 23.7 Å². The summed E-state index contributed by atoms with van der Waals surface area (Å²) in [7, 11) is 1.48. The summed E-state index contributed by atoms with van der Waals surface area (Å²) < 4.78 is 30.5. The minimum atomic E-state index is -0.800. The molecule has 1 aliphatic rings. The van der Waals surface area contributed by atoms with E-state index in [0.717, 1.165) is 31.5 Å². The molecule has 1 unspecified atom stereocenters. The molecule has 1 aliphatic heterocycles. The molecule has 0 spiro atoms. The van der Waals surface area contributed by atoms with Gasteiger partial charge in [-0.1, -0.05) is 0 Å². The quantitative estimate of drug-likeness (QED) is 0.429. The number of ether oxygens (including phenoxy) is 3. The van der Waals surface area contributed by atoms with E-state index >= 15 is 0 Å². The first-order valence-corrected chi connectivity index (χ1v) is 11.2. The molecule has 10 nitrogen and oxygen atoms in total. The molecule has 1 atom stereocenters. The Morgan fingerprint density at radius 3 is 2.24 bits per heavy atom.